The molecule has 0 aromatic carbocycles. The maximum Gasteiger partial charge on any atom is 0.0806 e. The van der Waals surface area contributed by atoms with Crippen LogP contribution >= 0.6 is 0 Å². The van der Waals surface area contributed by atoms with E-state index in [0.29, 0.717) is 6.04 Å². The smallest absolute Gasteiger partial charge is 0.0806 e. The molecule has 0 heterocycles. The fraction of sp³-hybridized carbons (Fsp3) is 1.00. The Morgan fingerprint density at radius 1 is 1.05 bits per heavy atom. The Labute approximate surface area is 126 Å². The average molecular weight is 281 g/mol. The van der Waals surface area contributed by atoms with Crippen LogP contribution in [0.4, 0.5) is 0 Å². The van der Waals surface area contributed by atoms with E-state index >= 15 is 0 Å². The van der Waals surface area contributed by atoms with Gasteiger partial charge in [-0.2, -0.15) is 0 Å². The van der Waals surface area contributed by atoms with Crippen molar-refractivity contribution >= 4 is 0 Å². The Bertz CT molecular complexity index is 263. The first-order valence-electron chi connectivity index (χ1n) is 8.97. The van der Waals surface area contributed by atoms with Crippen molar-refractivity contribution in [2.75, 3.05) is 13.2 Å². The van der Waals surface area contributed by atoms with E-state index in [2.05, 4.69) is 26.1 Å². The fourth-order valence-electron chi connectivity index (χ4n) is 3.70. The number of nitrogens with one attached hydrogen (secondary N) is 1. The van der Waals surface area contributed by atoms with E-state index in [0.717, 1.165) is 25.0 Å². The summed E-state index contributed by atoms with van der Waals surface area (Å²) in [6, 6.07) is 0.560. The molecule has 0 aromatic heterocycles. The highest BCUT2D eigenvalue weighted by Gasteiger charge is 2.35. The molecule has 0 radical (unpaired) electrons. The van der Waals surface area contributed by atoms with Gasteiger partial charge in [0.15, 0.2) is 0 Å². The SMILES string of the molecule is CC1CCC(CNC(C)C)(OCC2CCCCC2)CC1. The van der Waals surface area contributed by atoms with Crippen LogP contribution in [0.3, 0.4) is 0 Å². The largest absolute Gasteiger partial charge is 0.373 e. The first-order chi connectivity index (χ1) is 9.60. The molecule has 20 heavy (non-hydrogen) atoms. The highest BCUT2D eigenvalue weighted by atomic mass is 16.5. The summed E-state index contributed by atoms with van der Waals surface area (Å²) in [5.74, 6) is 1.72. The first-order valence-corrected chi connectivity index (χ1v) is 8.97. The lowest BCUT2D eigenvalue weighted by Gasteiger charge is -2.41. The van der Waals surface area contributed by atoms with Crippen molar-refractivity contribution in [3.05, 3.63) is 0 Å². The van der Waals surface area contributed by atoms with E-state index in [-0.39, 0.29) is 5.60 Å². The zero-order valence-electron chi connectivity index (χ0n) is 13.9. The van der Waals surface area contributed by atoms with Crippen LogP contribution in [0.5, 0.6) is 0 Å². The van der Waals surface area contributed by atoms with E-state index < -0.39 is 0 Å². The first kappa shape index (κ1) is 16.3. The van der Waals surface area contributed by atoms with Gasteiger partial charge in [0, 0.05) is 12.6 Å². The number of rotatable bonds is 6. The maximum absolute atomic E-state index is 6.55. The molecule has 0 unspecified atom stereocenters. The van der Waals surface area contributed by atoms with Crippen molar-refractivity contribution in [3.8, 4) is 0 Å². The molecule has 0 bridgehead atoms. The van der Waals surface area contributed by atoms with Crippen LogP contribution in [0, 0.1) is 11.8 Å². The van der Waals surface area contributed by atoms with E-state index in [9.17, 15) is 0 Å². The van der Waals surface area contributed by atoms with E-state index in [1.807, 2.05) is 0 Å². The molecule has 0 saturated heterocycles. The zero-order chi connectivity index (χ0) is 14.4. The van der Waals surface area contributed by atoms with Gasteiger partial charge in [0.1, 0.15) is 0 Å². The second-order valence-corrected chi connectivity index (χ2v) is 7.72. The van der Waals surface area contributed by atoms with Gasteiger partial charge in [-0.15, -0.1) is 0 Å². The summed E-state index contributed by atoms with van der Waals surface area (Å²) in [6.07, 6.45) is 12.2. The molecular formula is C18H35NO. The Morgan fingerprint density at radius 2 is 1.70 bits per heavy atom. The minimum Gasteiger partial charge on any atom is -0.373 e. The highest BCUT2D eigenvalue weighted by molar-refractivity contribution is 4.89. The topological polar surface area (TPSA) is 21.3 Å². The van der Waals surface area contributed by atoms with Crippen LogP contribution in [0.1, 0.15) is 78.6 Å². The van der Waals surface area contributed by atoms with Gasteiger partial charge in [-0.25, -0.2) is 0 Å². The van der Waals surface area contributed by atoms with Gasteiger partial charge < -0.3 is 10.1 Å². The summed E-state index contributed by atoms with van der Waals surface area (Å²) < 4.78 is 6.55. The van der Waals surface area contributed by atoms with Crippen molar-refractivity contribution in [3.63, 3.8) is 0 Å². The van der Waals surface area contributed by atoms with Gasteiger partial charge in [-0.3, -0.25) is 0 Å². The molecule has 0 aliphatic heterocycles. The Morgan fingerprint density at radius 3 is 2.30 bits per heavy atom. The molecule has 1 N–H and O–H groups in total. The molecule has 2 rings (SSSR count). The molecule has 2 nitrogen and oxygen atoms in total. The van der Waals surface area contributed by atoms with E-state index in [4.69, 9.17) is 4.74 Å². The third-order valence-corrected chi connectivity index (χ3v) is 5.37. The number of hydrogen-bond acceptors (Lipinski definition) is 2. The van der Waals surface area contributed by atoms with E-state index in [1.165, 1.54) is 57.8 Å². The molecule has 0 aromatic rings. The molecule has 2 saturated carbocycles. The second-order valence-electron chi connectivity index (χ2n) is 7.72. The van der Waals surface area contributed by atoms with Crippen molar-refractivity contribution in [2.45, 2.75) is 90.2 Å². The number of ether oxygens (including phenoxy) is 1. The van der Waals surface area contributed by atoms with Crippen molar-refractivity contribution in [2.24, 2.45) is 11.8 Å². The second kappa shape index (κ2) is 7.79. The lowest BCUT2D eigenvalue weighted by atomic mass is 9.79. The minimum absolute atomic E-state index is 0.133. The molecule has 0 amide bonds. The lowest BCUT2D eigenvalue weighted by Crippen LogP contribution is -2.48. The Balaban J connectivity index is 1.84. The third kappa shape index (κ3) is 5.04. The van der Waals surface area contributed by atoms with Crippen LogP contribution in [0.25, 0.3) is 0 Å². The van der Waals surface area contributed by atoms with Crippen molar-refractivity contribution in [1.29, 1.82) is 0 Å². The number of hydrogen-bond donors (Lipinski definition) is 1. The average Bonchev–Trinajstić information content (AvgIpc) is 2.47. The summed E-state index contributed by atoms with van der Waals surface area (Å²) in [6.45, 7) is 8.92. The summed E-state index contributed by atoms with van der Waals surface area (Å²) in [7, 11) is 0. The van der Waals surface area contributed by atoms with Crippen LogP contribution < -0.4 is 5.32 Å². The monoisotopic (exact) mass is 281 g/mol. The zero-order valence-corrected chi connectivity index (χ0v) is 13.9. The van der Waals surface area contributed by atoms with E-state index in [1.54, 1.807) is 0 Å². The van der Waals surface area contributed by atoms with Gasteiger partial charge in [-0.1, -0.05) is 40.0 Å². The Kier molecular flexibility index (Phi) is 6.35. The Hall–Kier alpha value is -0.0800. The van der Waals surface area contributed by atoms with Crippen LogP contribution in [0.15, 0.2) is 0 Å². The summed E-state index contributed by atoms with van der Waals surface area (Å²) >= 11 is 0. The lowest BCUT2D eigenvalue weighted by molar-refractivity contribution is -0.0915. The van der Waals surface area contributed by atoms with Gasteiger partial charge in [0.05, 0.1) is 12.2 Å². The van der Waals surface area contributed by atoms with Crippen LogP contribution in [-0.2, 0) is 4.74 Å². The molecule has 0 spiro atoms. The van der Waals surface area contributed by atoms with Gasteiger partial charge in [0.2, 0.25) is 0 Å². The molecular weight excluding hydrogens is 246 g/mol. The quantitative estimate of drug-likeness (QED) is 0.772. The fourth-order valence-corrected chi connectivity index (χ4v) is 3.70. The minimum atomic E-state index is 0.133. The predicted octanol–water partition coefficient (Wildman–Crippen LogP) is 4.53. The van der Waals surface area contributed by atoms with Gasteiger partial charge in [0.25, 0.3) is 0 Å². The molecule has 2 fully saturated rings. The standard InChI is InChI=1S/C18H35NO/c1-15(2)19-14-18(11-9-16(3)10-12-18)20-13-17-7-5-4-6-8-17/h15-17,19H,4-14H2,1-3H3. The maximum atomic E-state index is 6.55. The molecule has 118 valence electrons. The summed E-state index contributed by atoms with van der Waals surface area (Å²) in [5, 5.41) is 3.63. The summed E-state index contributed by atoms with van der Waals surface area (Å²) in [4.78, 5) is 0. The third-order valence-electron chi connectivity index (χ3n) is 5.37. The van der Waals surface area contributed by atoms with Crippen LogP contribution in [0.2, 0.25) is 0 Å². The normalized spacial score (nSPS) is 32.7. The van der Waals surface area contributed by atoms with Gasteiger partial charge >= 0.3 is 0 Å². The molecule has 2 heteroatoms. The van der Waals surface area contributed by atoms with Gasteiger partial charge in [-0.05, 0) is 50.4 Å². The molecule has 2 aliphatic rings. The molecule has 0 atom stereocenters. The predicted molar refractivity (Wildman–Crippen MR) is 86.0 cm³/mol. The summed E-state index contributed by atoms with van der Waals surface area (Å²) in [5.41, 5.74) is 0.133. The van der Waals surface area contributed by atoms with Crippen molar-refractivity contribution < 1.29 is 4.74 Å². The van der Waals surface area contributed by atoms with Crippen LogP contribution in [-0.4, -0.2) is 24.8 Å². The van der Waals surface area contributed by atoms with Crippen molar-refractivity contribution in [1.82, 2.24) is 5.32 Å². The molecule has 2 aliphatic carbocycles. The highest BCUT2D eigenvalue weighted by Crippen LogP contribution is 2.36.